The Kier molecular flexibility index (Phi) is 3.39. The number of esters is 1. The van der Waals surface area contributed by atoms with Crippen LogP contribution in [-0.4, -0.2) is 27.2 Å². The van der Waals surface area contributed by atoms with Crippen LogP contribution in [0.25, 0.3) is 16.9 Å². The molecule has 21 heavy (non-hydrogen) atoms. The average Bonchev–Trinajstić information content (AvgIpc) is 2.86. The van der Waals surface area contributed by atoms with E-state index in [-0.39, 0.29) is 5.97 Å². The third-order valence-corrected chi connectivity index (χ3v) is 3.11. The number of hydrogen-bond acceptors (Lipinski definition) is 4. The Morgan fingerprint density at radius 2 is 2.05 bits per heavy atom. The molecule has 106 valence electrons. The molecule has 0 saturated carbocycles. The maximum atomic E-state index is 12.2. The molecule has 3 aromatic rings. The van der Waals surface area contributed by atoms with Crippen molar-refractivity contribution < 1.29 is 9.53 Å². The normalized spacial score (nSPS) is 10.8. The van der Waals surface area contributed by atoms with E-state index >= 15 is 0 Å². The summed E-state index contributed by atoms with van der Waals surface area (Å²) in [5.74, 6) is -0.390. The van der Waals surface area contributed by atoms with Crippen LogP contribution in [0.15, 0.2) is 42.6 Å². The molecule has 2 heterocycles. The van der Waals surface area contributed by atoms with Crippen molar-refractivity contribution in [2.24, 2.45) is 0 Å². The molecule has 0 spiro atoms. The van der Waals surface area contributed by atoms with Crippen LogP contribution in [0.5, 0.6) is 0 Å². The van der Waals surface area contributed by atoms with Gasteiger partial charge in [-0.3, -0.25) is 0 Å². The molecule has 2 aromatic heterocycles. The van der Waals surface area contributed by atoms with Crippen LogP contribution in [0.1, 0.15) is 23.0 Å². The molecule has 0 aliphatic heterocycles. The summed E-state index contributed by atoms with van der Waals surface area (Å²) in [5.41, 5.74) is 3.46. The second kappa shape index (κ2) is 5.36. The monoisotopic (exact) mass is 281 g/mol. The van der Waals surface area contributed by atoms with Crippen molar-refractivity contribution in [3.63, 3.8) is 0 Å². The number of carbonyl (C=O) groups is 1. The van der Waals surface area contributed by atoms with Gasteiger partial charge in [0.25, 0.3) is 0 Å². The molecule has 0 atom stereocenters. The lowest BCUT2D eigenvalue weighted by atomic mass is 10.1. The molecular formula is C16H15N3O2. The fourth-order valence-electron chi connectivity index (χ4n) is 2.21. The van der Waals surface area contributed by atoms with E-state index in [1.54, 1.807) is 17.6 Å². The van der Waals surface area contributed by atoms with Crippen molar-refractivity contribution in [3.8, 4) is 11.3 Å². The molecule has 0 N–H and O–H groups in total. The lowest BCUT2D eigenvalue weighted by Gasteiger charge is -2.09. The van der Waals surface area contributed by atoms with Gasteiger partial charge in [0.15, 0.2) is 5.65 Å². The van der Waals surface area contributed by atoms with Gasteiger partial charge in [-0.05, 0) is 13.8 Å². The van der Waals surface area contributed by atoms with E-state index in [4.69, 9.17) is 4.74 Å². The van der Waals surface area contributed by atoms with Gasteiger partial charge in [-0.2, -0.15) is 5.10 Å². The van der Waals surface area contributed by atoms with Gasteiger partial charge in [-0.1, -0.05) is 30.3 Å². The highest BCUT2D eigenvalue weighted by atomic mass is 16.5. The standard InChI is InChI=1S/C16H15N3O2/c1-3-21-16(20)13-10-19-14(9-11(2)18-19)17-15(13)12-7-5-4-6-8-12/h4-10H,3H2,1-2H3. The molecule has 5 heteroatoms. The Bertz CT molecular complexity index is 794. The minimum Gasteiger partial charge on any atom is -0.462 e. The summed E-state index contributed by atoms with van der Waals surface area (Å²) in [6, 6.07) is 11.5. The number of ether oxygens (including phenoxy) is 1. The maximum absolute atomic E-state index is 12.2. The third kappa shape index (κ3) is 2.50. The molecular weight excluding hydrogens is 266 g/mol. The highest BCUT2D eigenvalue weighted by molar-refractivity contribution is 5.96. The zero-order valence-corrected chi connectivity index (χ0v) is 11.9. The molecule has 0 aliphatic carbocycles. The quantitative estimate of drug-likeness (QED) is 0.693. The van der Waals surface area contributed by atoms with E-state index in [1.807, 2.05) is 43.3 Å². The lowest BCUT2D eigenvalue weighted by Crippen LogP contribution is -2.10. The Morgan fingerprint density at radius 1 is 1.29 bits per heavy atom. The number of benzene rings is 1. The van der Waals surface area contributed by atoms with Gasteiger partial charge in [-0.25, -0.2) is 14.3 Å². The first-order valence-electron chi connectivity index (χ1n) is 6.78. The molecule has 0 radical (unpaired) electrons. The van der Waals surface area contributed by atoms with E-state index in [0.29, 0.717) is 23.5 Å². The molecule has 0 aliphatic rings. The number of rotatable bonds is 3. The Labute approximate surface area is 122 Å². The van der Waals surface area contributed by atoms with Gasteiger partial charge in [0, 0.05) is 17.8 Å². The predicted molar refractivity (Wildman–Crippen MR) is 79.1 cm³/mol. The molecule has 0 fully saturated rings. The van der Waals surface area contributed by atoms with E-state index in [1.165, 1.54) is 0 Å². The van der Waals surface area contributed by atoms with Crippen LogP contribution in [-0.2, 0) is 4.74 Å². The van der Waals surface area contributed by atoms with Crippen LogP contribution in [0.2, 0.25) is 0 Å². The first-order valence-corrected chi connectivity index (χ1v) is 6.78. The zero-order valence-electron chi connectivity index (χ0n) is 11.9. The molecule has 5 nitrogen and oxygen atoms in total. The fourth-order valence-corrected chi connectivity index (χ4v) is 2.21. The smallest absolute Gasteiger partial charge is 0.341 e. The third-order valence-electron chi connectivity index (χ3n) is 3.11. The van der Waals surface area contributed by atoms with Gasteiger partial charge < -0.3 is 4.74 Å². The van der Waals surface area contributed by atoms with Crippen LogP contribution < -0.4 is 0 Å². The molecule has 0 unspecified atom stereocenters. The number of hydrogen-bond donors (Lipinski definition) is 0. The van der Waals surface area contributed by atoms with Crippen molar-refractivity contribution in [3.05, 3.63) is 53.9 Å². The molecule has 0 bridgehead atoms. The van der Waals surface area contributed by atoms with Crippen molar-refractivity contribution in [2.75, 3.05) is 6.61 Å². The summed E-state index contributed by atoms with van der Waals surface area (Å²) in [5, 5.41) is 4.30. The van der Waals surface area contributed by atoms with E-state index < -0.39 is 0 Å². The Hall–Kier alpha value is -2.69. The minimum atomic E-state index is -0.390. The minimum absolute atomic E-state index is 0.323. The van der Waals surface area contributed by atoms with Crippen LogP contribution in [0, 0.1) is 6.92 Å². The number of aromatic nitrogens is 3. The second-order valence-corrected chi connectivity index (χ2v) is 4.68. The second-order valence-electron chi connectivity index (χ2n) is 4.68. The number of carbonyl (C=O) groups excluding carboxylic acids is 1. The number of fused-ring (bicyclic) bond motifs is 1. The largest absolute Gasteiger partial charge is 0.462 e. The highest BCUT2D eigenvalue weighted by Gasteiger charge is 2.17. The summed E-state index contributed by atoms with van der Waals surface area (Å²) >= 11 is 0. The van der Waals surface area contributed by atoms with Crippen LogP contribution in [0.4, 0.5) is 0 Å². The summed E-state index contributed by atoms with van der Waals surface area (Å²) in [4.78, 5) is 16.8. The van der Waals surface area contributed by atoms with E-state index in [9.17, 15) is 4.79 Å². The van der Waals surface area contributed by atoms with Crippen molar-refractivity contribution >= 4 is 11.6 Å². The van der Waals surface area contributed by atoms with Gasteiger partial charge in [0.1, 0.15) is 5.56 Å². The topological polar surface area (TPSA) is 56.5 Å². The van der Waals surface area contributed by atoms with Gasteiger partial charge in [0.2, 0.25) is 0 Å². The predicted octanol–water partition coefficient (Wildman–Crippen LogP) is 2.88. The van der Waals surface area contributed by atoms with Crippen molar-refractivity contribution in [1.29, 1.82) is 0 Å². The number of nitrogens with zero attached hydrogens (tertiary/aromatic N) is 3. The van der Waals surface area contributed by atoms with Gasteiger partial charge >= 0.3 is 5.97 Å². The summed E-state index contributed by atoms with van der Waals surface area (Å²) in [7, 11) is 0. The van der Waals surface area contributed by atoms with Crippen LogP contribution in [0.3, 0.4) is 0 Å². The lowest BCUT2D eigenvalue weighted by molar-refractivity contribution is 0.0526. The fraction of sp³-hybridized carbons (Fsp3) is 0.188. The van der Waals surface area contributed by atoms with E-state index in [0.717, 1.165) is 11.3 Å². The average molecular weight is 281 g/mol. The summed E-state index contributed by atoms with van der Waals surface area (Å²) < 4.78 is 6.73. The zero-order chi connectivity index (χ0) is 14.8. The molecule has 3 rings (SSSR count). The first-order chi connectivity index (χ1) is 10.2. The molecule has 1 aromatic carbocycles. The van der Waals surface area contributed by atoms with Crippen molar-refractivity contribution in [1.82, 2.24) is 14.6 Å². The van der Waals surface area contributed by atoms with Gasteiger partial charge in [-0.15, -0.1) is 0 Å². The maximum Gasteiger partial charge on any atom is 0.341 e. The SMILES string of the molecule is CCOC(=O)c1cn2nc(C)cc2nc1-c1ccccc1. The summed E-state index contributed by atoms with van der Waals surface area (Å²) in [6.07, 6.45) is 1.68. The Balaban J connectivity index is 2.23. The van der Waals surface area contributed by atoms with E-state index in [2.05, 4.69) is 10.1 Å². The Morgan fingerprint density at radius 3 is 2.76 bits per heavy atom. The van der Waals surface area contributed by atoms with Crippen LogP contribution >= 0.6 is 0 Å². The first kappa shape index (κ1) is 13.3. The molecule has 0 amide bonds. The van der Waals surface area contributed by atoms with Gasteiger partial charge in [0.05, 0.1) is 18.0 Å². The number of aryl methyl sites for hydroxylation is 1. The molecule has 0 saturated heterocycles. The van der Waals surface area contributed by atoms with Crippen molar-refractivity contribution in [2.45, 2.75) is 13.8 Å². The summed E-state index contributed by atoms with van der Waals surface area (Å²) in [6.45, 7) is 3.99. The highest BCUT2D eigenvalue weighted by Crippen LogP contribution is 2.23.